The van der Waals surface area contributed by atoms with Gasteiger partial charge in [0.15, 0.2) is 0 Å². The molecule has 3 aliphatic rings. The fourth-order valence-corrected chi connectivity index (χ4v) is 6.86. The third-order valence-corrected chi connectivity index (χ3v) is 8.82. The Hall–Kier alpha value is -3.40. The Morgan fingerprint density at radius 3 is 2.50 bits per heavy atom. The van der Waals surface area contributed by atoms with Crippen LogP contribution in [0.25, 0.3) is 11.2 Å². The molecule has 0 bridgehead atoms. The molecule has 7 nitrogen and oxygen atoms in total. The van der Waals surface area contributed by atoms with Crippen LogP contribution in [0.3, 0.4) is 0 Å². The topological polar surface area (TPSA) is 60.4 Å². The first kappa shape index (κ1) is 23.7. The molecule has 1 spiro atoms. The normalized spacial score (nSPS) is 24.5. The predicted molar refractivity (Wildman–Crippen MR) is 135 cm³/mol. The van der Waals surface area contributed by atoms with Gasteiger partial charge in [0.1, 0.15) is 12.2 Å². The highest BCUT2D eigenvalue weighted by Crippen LogP contribution is 2.53. The van der Waals surface area contributed by atoms with E-state index in [1.165, 1.54) is 29.7 Å². The van der Waals surface area contributed by atoms with E-state index < -0.39 is 17.4 Å². The van der Waals surface area contributed by atoms with Crippen LogP contribution in [0.2, 0.25) is 0 Å². The Balaban J connectivity index is 1.31. The van der Waals surface area contributed by atoms with Crippen molar-refractivity contribution in [3.05, 3.63) is 82.1 Å². The molecule has 10 heteroatoms. The van der Waals surface area contributed by atoms with Crippen LogP contribution in [-0.2, 0) is 25.2 Å². The maximum Gasteiger partial charge on any atom is 0.418 e. The number of aryl methyl sites for hydroxylation is 1. The van der Waals surface area contributed by atoms with Crippen molar-refractivity contribution in [1.82, 2.24) is 28.6 Å². The summed E-state index contributed by atoms with van der Waals surface area (Å²) in [6, 6.07) is 8.73. The van der Waals surface area contributed by atoms with Gasteiger partial charge in [-0.2, -0.15) is 13.2 Å². The second-order valence-electron chi connectivity index (χ2n) is 11.9. The van der Waals surface area contributed by atoms with Crippen molar-refractivity contribution in [2.24, 2.45) is 18.4 Å². The number of halogens is 3. The zero-order valence-corrected chi connectivity index (χ0v) is 21.4. The first-order valence-corrected chi connectivity index (χ1v) is 13.1. The van der Waals surface area contributed by atoms with Crippen LogP contribution in [0.5, 0.6) is 0 Å². The fourth-order valence-electron chi connectivity index (χ4n) is 6.86. The summed E-state index contributed by atoms with van der Waals surface area (Å²) < 4.78 is 46.9. The molecule has 0 atom stereocenters. The molecule has 2 saturated carbocycles. The average Bonchev–Trinajstić information content (AvgIpc) is 3.40. The van der Waals surface area contributed by atoms with Crippen molar-refractivity contribution >= 4 is 5.52 Å². The van der Waals surface area contributed by atoms with Gasteiger partial charge >= 0.3 is 11.9 Å². The zero-order chi connectivity index (χ0) is 26.4. The summed E-state index contributed by atoms with van der Waals surface area (Å²) in [5.74, 6) is 1.36. The Kier molecular flexibility index (Phi) is 4.87. The molecule has 1 aromatic carbocycles. The largest absolute Gasteiger partial charge is 0.418 e. The Morgan fingerprint density at radius 1 is 1.11 bits per heavy atom. The number of fused-ring (bicyclic) bond motifs is 1. The van der Waals surface area contributed by atoms with E-state index in [1.54, 1.807) is 18.6 Å². The zero-order valence-electron chi connectivity index (χ0n) is 21.4. The van der Waals surface area contributed by atoms with Gasteiger partial charge < -0.3 is 4.57 Å². The van der Waals surface area contributed by atoms with Gasteiger partial charge in [0.2, 0.25) is 0 Å². The molecule has 4 aromatic rings. The minimum Gasteiger partial charge on any atom is -0.320 e. The van der Waals surface area contributed by atoms with Crippen LogP contribution in [0.1, 0.15) is 55.1 Å². The van der Waals surface area contributed by atoms with Crippen molar-refractivity contribution in [2.75, 3.05) is 13.1 Å². The summed E-state index contributed by atoms with van der Waals surface area (Å²) in [4.78, 5) is 15.7. The summed E-state index contributed by atoms with van der Waals surface area (Å²) in [5.41, 5.74) is 0.638. The van der Waals surface area contributed by atoms with Gasteiger partial charge in [-0.3, -0.25) is 13.9 Å². The van der Waals surface area contributed by atoms with Crippen molar-refractivity contribution in [3.8, 4) is 5.69 Å². The van der Waals surface area contributed by atoms with Crippen LogP contribution in [0, 0.1) is 11.3 Å². The third kappa shape index (κ3) is 3.56. The number of imidazole rings is 1. The molecule has 1 saturated heterocycles. The van der Waals surface area contributed by atoms with E-state index in [0.29, 0.717) is 29.1 Å². The van der Waals surface area contributed by atoms with E-state index in [1.807, 2.05) is 29.8 Å². The van der Waals surface area contributed by atoms with Crippen molar-refractivity contribution < 1.29 is 13.2 Å². The van der Waals surface area contributed by atoms with E-state index in [-0.39, 0.29) is 10.9 Å². The van der Waals surface area contributed by atoms with Gasteiger partial charge in [-0.25, -0.2) is 4.79 Å². The second-order valence-corrected chi connectivity index (χ2v) is 11.9. The molecule has 2 aliphatic carbocycles. The summed E-state index contributed by atoms with van der Waals surface area (Å²) in [5, 5.41) is 8.45. The molecule has 4 heterocycles. The number of nitrogens with zero attached hydrogens (tertiary/aromatic N) is 6. The number of hydrogen-bond acceptors (Lipinski definition) is 4. The highest BCUT2D eigenvalue weighted by Gasteiger charge is 2.52. The Labute approximate surface area is 217 Å². The summed E-state index contributed by atoms with van der Waals surface area (Å²) in [6.45, 7) is 4.43. The van der Waals surface area contributed by atoms with Crippen LogP contribution in [0.15, 0.2) is 53.8 Å². The summed E-state index contributed by atoms with van der Waals surface area (Å²) >= 11 is 0. The van der Waals surface area contributed by atoms with E-state index >= 15 is 0 Å². The Morgan fingerprint density at radius 2 is 1.87 bits per heavy atom. The highest BCUT2D eigenvalue weighted by molar-refractivity contribution is 5.58. The smallest absolute Gasteiger partial charge is 0.320 e. The lowest BCUT2D eigenvalue weighted by molar-refractivity contribution is -0.136. The standard InChI is InChI=1S/C28H29F3N6O/c1-18-10-27(11-18,24-33-32-17-34(24)2)20-4-3-5-21(9-20)36-14-23-22(28(29,30)31)8-19(13-37(23)25(36)38)12-35-15-26(16-35)6-7-26/h3-5,8-9,13-14,17-18H,6-7,10-12,15-16H2,1-2H3. The van der Waals surface area contributed by atoms with Crippen molar-refractivity contribution in [3.63, 3.8) is 0 Å². The maximum atomic E-state index is 14.2. The van der Waals surface area contributed by atoms with Gasteiger partial charge in [0, 0.05) is 39.1 Å². The SMILES string of the molecule is CC1CC(c2cccc(-n3cc4c(C(F)(F)F)cc(CN5CC6(CC6)C5)cn4c3=O)c2)(c2nncn2C)C1. The highest BCUT2D eigenvalue weighted by atomic mass is 19.4. The van der Waals surface area contributed by atoms with Crippen LogP contribution < -0.4 is 5.69 Å². The van der Waals surface area contributed by atoms with Crippen molar-refractivity contribution in [1.29, 1.82) is 0 Å². The lowest BCUT2D eigenvalue weighted by Gasteiger charge is -2.46. The molecule has 1 aliphatic heterocycles. The summed E-state index contributed by atoms with van der Waals surface area (Å²) in [6.07, 6.45) is 4.16. The van der Waals surface area contributed by atoms with Gasteiger partial charge in [-0.05, 0) is 66.3 Å². The Bertz CT molecular complexity index is 1610. The van der Waals surface area contributed by atoms with Crippen LogP contribution >= 0.6 is 0 Å². The lowest BCUT2D eigenvalue weighted by Crippen LogP contribution is -2.47. The first-order chi connectivity index (χ1) is 18.1. The minimum atomic E-state index is -4.58. The number of likely N-dealkylation sites (tertiary alicyclic amines) is 1. The molecule has 3 fully saturated rings. The molecular formula is C28H29F3N6O. The number of benzene rings is 1. The third-order valence-electron chi connectivity index (χ3n) is 8.82. The molecule has 0 unspecified atom stereocenters. The van der Waals surface area contributed by atoms with Crippen LogP contribution in [0.4, 0.5) is 13.2 Å². The second kappa shape index (κ2) is 7.81. The summed E-state index contributed by atoms with van der Waals surface area (Å²) in [7, 11) is 1.91. The van der Waals surface area contributed by atoms with Crippen LogP contribution in [-0.4, -0.2) is 41.7 Å². The molecule has 7 rings (SSSR count). The number of hydrogen-bond donors (Lipinski definition) is 0. The van der Waals surface area contributed by atoms with E-state index in [4.69, 9.17) is 0 Å². The number of alkyl halides is 3. The molecule has 3 aromatic heterocycles. The van der Waals surface area contributed by atoms with Crippen molar-refractivity contribution in [2.45, 2.75) is 50.7 Å². The monoisotopic (exact) mass is 522 g/mol. The molecule has 38 heavy (non-hydrogen) atoms. The molecular weight excluding hydrogens is 493 g/mol. The first-order valence-electron chi connectivity index (χ1n) is 13.1. The number of rotatable bonds is 5. The number of aromatic nitrogens is 5. The quantitative estimate of drug-likeness (QED) is 0.386. The fraction of sp³-hybridized carbons (Fsp3) is 0.464. The van der Waals surface area contributed by atoms with E-state index in [0.717, 1.165) is 41.7 Å². The van der Waals surface area contributed by atoms with E-state index in [2.05, 4.69) is 22.0 Å². The van der Waals surface area contributed by atoms with Gasteiger partial charge in [0.25, 0.3) is 0 Å². The minimum absolute atomic E-state index is 0.140. The molecule has 0 amide bonds. The molecule has 198 valence electrons. The number of pyridine rings is 1. The molecule has 0 N–H and O–H groups in total. The predicted octanol–water partition coefficient (Wildman–Crippen LogP) is 4.55. The van der Waals surface area contributed by atoms with Gasteiger partial charge in [0.05, 0.1) is 22.2 Å². The van der Waals surface area contributed by atoms with Gasteiger partial charge in [-0.1, -0.05) is 19.1 Å². The molecule has 0 radical (unpaired) electrons. The van der Waals surface area contributed by atoms with Gasteiger partial charge in [-0.15, -0.1) is 10.2 Å². The maximum absolute atomic E-state index is 14.2. The lowest BCUT2D eigenvalue weighted by atomic mass is 9.58. The average molecular weight is 523 g/mol. The van der Waals surface area contributed by atoms with E-state index in [9.17, 15) is 18.0 Å².